The van der Waals surface area contributed by atoms with E-state index in [1.165, 1.54) is 11.6 Å². The summed E-state index contributed by atoms with van der Waals surface area (Å²) in [6, 6.07) is 6.66. The van der Waals surface area contributed by atoms with E-state index in [1.807, 2.05) is 0 Å². The molecule has 0 bridgehead atoms. The lowest BCUT2D eigenvalue weighted by atomic mass is 9.33. The lowest BCUT2D eigenvalue weighted by Crippen LogP contribution is -2.66. The lowest BCUT2D eigenvalue weighted by molar-refractivity contribution is -0.223. The van der Waals surface area contributed by atoms with Gasteiger partial charge in [-0.1, -0.05) is 65.3 Å². The van der Waals surface area contributed by atoms with Crippen molar-refractivity contribution in [1.82, 2.24) is 0 Å². The standard InChI is InChI=1S/C39H54O6/c1-34(2)19-21-39(33(43)44)22-20-37(5)27(28(39)23-34)12-13-30-35(3)17-16-31(36(4,24-40)29(35)15-18-38(30,37)6)45-32(42)14-9-25-7-10-26(41)11-8-25/h7-12,14,28-31,40-41H,13,15-24H2,1-6H3,(H,43,44)/t28-,29+,30+,31-,35-,36-,37+,38+,39-/m0/s1. The number of aliphatic carboxylic acids is 1. The highest BCUT2D eigenvalue weighted by atomic mass is 16.5. The van der Waals surface area contributed by atoms with E-state index in [1.54, 1.807) is 30.3 Å². The van der Waals surface area contributed by atoms with Gasteiger partial charge in [0.2, 0.25) is 0 Å². The zero-order chi connectivity index (χ0) is 32.6. The number of rotatable bonds is 5. The molecular weight excluding hydrogens is 564 g/mol. The minimum Gasteiger partial charge on any atom is -0.508 e. The first-order chi connectivity index (χ1) is 21.0. The fourth-order valence-corrected chi connectivity index (χ4v) is 11.8. The average molecular weight is 619 g/mol. The molecule has 9 atom stereocenters. The summed E-state index contributed by atoms with van der Waals surface area (Å²) < 4.78 is 6.11. The molecule has 6 rings (SSSR count). The number of aromatic hydroxyl groups is 1. The fourth-order valence-electron chi connectivity index (χ4n) is 11.8. The third kappa shape index (κ3) is 4.74. The number of phenolic OH excluding ortho intramolecular Hbond substituents is 1. The van der Waals surface area contributed by atoms with E-state index in [0.29, 0.717) is 12.3 Å². The molecule has 5 aliphatic rings. The number of hydrogen-bond donors (Lipinski definition) is 3. The molecule has 246 valence electrons. The molecule has 1 aromatic rings. The second-order valence-corrected chi connectivity index (χ2v) is 17.2. The summed E-state index contributed by atoms with van der Waals surface area (Å²) >= 11 is 0. The molecule has 6 heteroatoms. The number of benzene rings is 1. The van der Waals surface area contributed by atoms with Crippen molar-refractivity contribution in [3.63, 3.8) is 0 Å². The van der Waals surface area contributed by atoms with E-state index < -0.39 is 22.8 Å². The number of aliphatic hydroxyl groups excluding tert-OH is 1. The van der Waals surface area contributed by atoms with Crippen LogP contribution >= 0.6 is 0 Å². The van der Waals surface area contributed by atoms with Crippen molar-refractivity contribution < 1.29 is 29.6 Å². The minimum absolute atomic E-state index is 0.0291. The predicted molar refractivity (Wildman–Crippen MR) is 175 cm³/mol. The molecule has 0 spiro atoms. The van der Waals surface area contributed by atoms with Crippen molar-refractivity contribution in [3.05, 3.63) is 47.6 Å². The van der Waals surface area contributed by atoms with Crippen molar-refractivity contribution in [3.8, 4) is 5.75 Å². The van der Waals surface area contributed by atoms with Gasteiger partial charge in [-0.25, -0.2) is 4.79 Å². The van der Waals surface area contributed by atoms with E-state index in [-0.39, 0.29) is 52.0 Å². The monoisotopic (exact) mass is 618 g/mol. The largest absolute Gasteiger partial charge is 0.508 e. The second-order valence-electron chi connectivity index (χ2n) is 17.2. The summed E-state index contributed by atoms with van der Waals surface area (Å²) in [6.07, 6.45) is 14.2. The number of esters is 1. The number of ether oxygens (including phenoxy) is 1. The molecule has 0 amide bonds. The van der Waals surface area contributed by atoms with Gasteiger partial charge >= 0.3 is 11.9 Å². The quantitative estimate of drug-likeness (QED) is 0.175. The van der Waals surface area contributed by atoms with Crippen LogP contribution in [0.5, 0.6) is 5.75 Å². The van der Waals surface area contributed by atoms with Crippen LogP contribution in [0.1, 0.15) is 111 Å². The van der Waals surface area contributed by atoms with Gasteiger partial charge in [-0.2, -0.15) is 0 Å². The van der Waals surface area contributed by atoms with Crippen LogP contribution in [0.2, 0.25) is 0 Å². The molecule has 5 aliphatic carbocycles. The van der Waals surface area contributed by atoms with Gasteiger partial charge in [-0.3, -0.25) is 4.79 Å². The van der Waals surface area contributed by atoms with Crippen LogP contribution in [-0.4, -0.2) is 40.0 Å². The Morgan fingerprint density at radius 2 is 1.60 bits per heavy atom. The SMILES string of the molecule is CC1(C)CC[C@]2(C(=O)O)CC[C@]3(C)C(=CC[C@@H]4[C@@]5(C)CC[C@H](OC(=O)C=Cc6ccc(O)cc6)[C@@](C)(CO)[C@@H]5CC[C@]43C)[C@@H]2C1. The highest BCUT2D eigenvalue weighted by molar-refractivity contribution is 5.87. The molecule has 3 N–H and O–H groups in total. The molecule has 6 nitrogen and oxygen atoms in total. The van der Waals surface area contributed by atoms with E-state index in [4.69, 9.17) is 4.74 Å². The molecule has 0 aliphatic heterocycles. The molecule has 0 radical (unpaired) electrons. The lowest BCUT2D eigenvalue weighted by Gasteiger charge is -2.71. The molecular formula is C39H54O6. The molecule has 4 saturated carbocycles. The molecule has 0 aromatic heterocycles. The smallest absolute Gasteiger partial charge is 0.331 e. The summed E-state index contributed by atoms with van der Waals surface area (Å²) in [5.41, 5.74) is 1.11. The van der Waals surface area contributed by atoms with Crippen molar-refractivity contribution in [2.24, 2.45) is 50.2 Å². The van der Waals surface area contributed by atoms with Gasteiger partial charge in [-0.15, -0.1) is 0 Å². The highest BCUT2D eigenvalue weighted by Crippen LogP contribution is 2.75. The van der Waals surface area contributed by atoms with Crippen LogP contribution in [-0.2, 0) is 14.3 Å². The average Bonchev–Trinajstić information content (AvgIpc) is 2.98. The van der Waals surface area contributed by atoms with Crippen LogP contribution in [0.4, 0.5) is 0 Å². The maximum Gasteiger partial charge on any atom is 0.331 e. The van der Waals surface area contributed by atoms with Gasteiger partial charge in [0.1, 0.15) is 11.9 Å². The summed E-state index contributed by atoms with van der Waals surface area (Å²) in [5, 5.41) is 31.2. The third-order valence-electron chi connectivity index (χ3n) is 14.7. The number of phenols is 1. The van der Waals surface area contributed by atoms with E-state index in [0.717, 1.165) is 63.4 Å². The Kier molecular flexibility index (Phi) is 7.70. The van der Waals surface area contributed by atoms with Crippen LogP contribution < -0.4 is 0 Å². The number of carboxylic acids is 1. The molecule has 45 heavy (non-hydrogen) atoms. The summed E-state index contributed by atoms with van der Waals surface area (Å²) in [5.74, 6) is -0.130. The van der Waals surface area contributed by atoms with Crippen molar-refractivity contribution in [2.45, 2.75) is 112 Å². The first-order valence-corrected chi connectivity index (χ1v) is 17.3. The van der Waals surface area contributed by atoms with Gasteiger partial charge in [0.05, 0.1) is 12.0 Å². The second kappa shape index (κ2) is 10.7. The van der Waals surface area contributed by atoms with Crippen LogP contribution in [0.25, 0.3) is 6.08 Å². The maximum absolute atomic E-state index is 13.0. The normalized spacial score (nSPS) is 43.7. The Hall–Kier alpha value is -2.60. The molecule has 4 fully saturated rings. The maximum atomic E-state index is 13.0. The number of allylic oxidation sites excluding steroid dienone is 2. The summed E-state index contributed by atoms with van der Waals surface area (Å²) in [7, 11) is 0. The third-order valence-corrected chi connectivity index (χ3v) is 14.7. The summed E-state index contributed by atoms with van der Waals surface area (Å²) in [4.78, 5) is 26.0. The Morgan fingerprint density at radius 3 is 2.27 bits per heavy atom. The number of carbonyl (C=O) groups excluding carboxylic acids is 1. The van der Waals surface area contributed by atoms with E-state index in [9.17, 15) is 24.9 Å². The number of hydrogen-bond acceptors (Lipinski definition) is 5. The first-order valence-electron chi connectivity index (χ1n) is 17.3. The van der Waals surface area contributed by atoms with Crippen LogP contribution in [0.15, 0.2) is 42.0 Å². The number of carboxylic acid groups (broad SMARTS) is 1. The first kappa shape index (κ1) is 32.3. The summed E-state index contributed by atoms with van der Waals surface area (Å²) in [6.45, 7) is 14.1. The highest BCUT2D eigenvalue weighted by Gasteiger charge is 2.70. The Bertz CT molecular complexity index is 1410. The zero-order valence-corrected chi connectivity index (χ0v) is 28.2. The van der Waals surface area contributed by atoms with Gasteiger partial charge in [0, 0.05) is 11.5 Å². The fraction of sp³-hybridized carbons (Fsp3) is 0.692. The van der Waals surface area contributed by atoms with Crippen LogP contribution in [0.3, 0.4) is 0 Å². The molecule has 0 heterocycles. The molecule has 1 aromatic carbocycles. The van der Waals surface area contributed by atoms with Crippen molar-refractivity contribution in [2.75, 3.05) is 6.61 Å². The Balaban J connectivity index is 1.28. The minimum atomic E-state index is -0.640. The number of carbonyl (C=O) groups is 2. The van der Waals surface area contributed by atoms with Gasteiger partial charge < -0.3 is 20.1 Å². The number of aliphatic hydroxyl groups is 1. The van der Waals surface area contributed by atoms with Crippen molar-refractivity contribution in [1.29, 1.82) is 0 Å². The van der Waals surface area contributed by atoms with E-state index in [2.05, 4.69) is 47.6 Å². The number of fused-ring (bicyclic) bond motifs is 7. The Labute approximate surface area is 269 Å². The van der Waals surface area contributed by atoms with E-state index >= 15 is 0 Å². The van der Waals surface area contributed by atoms with Gasteiger partial charge in [0.25, 0.3) is 0 Å². The van der Waals surface area contributed by atoms with Crippen LogP contribution in [0, 0.1) is 50.2 Å². The van der Waals surface area contributed by atoms with Gasteiger partial charge in [0.15, 0.2) is 0 Å². The molecule has 0 unspecified atom stereocenters. The van der Waals surface area contributed by atoms with Crippen molar-refractivity contribution >= 4 is 18.0 Å². The van der Waals surface area contributed by atoms with Gasteiger partial charge in [-0.05, 0) is 127 Å². The Morgan fingerprint density at radius 1 is 0.911 bits per heavy atom. The predicted octanol–water partition coefficient (Wildman–Crippen LogP) is 8.18. The zero-order valence-electron chi connectivity index (χ0n) is 28.2. The molecule has 0 saturated heterocycles. The topological polar surface area (TPSA) is 104 Å².